The summed E-state index contributed by atoms with van der Waals surface area (Å²) >= 11 is -1.67. The Labute approximate surface area is 134 Å². The molecular weight excluding hydrogens is 335 g/mol. The Morgan fingerprint density at radius 2 is 1.18 bits per heavy atom. The zero-order valence-electron chi connectivity index (χ0n) is 12.2. The van der Waals surface area contributed by atoms with Crippen molar-refractivity contribution >= 4 is 27.7 Å². The number of fused-ring (bicyclic) bond motifs is 2. The van der Waals surface area contributed by atoms with Gasteiger partial charge in [-0.1, -0.05) is 0 Å². The van der Waals surface area contributed by atoms with Crippen molar-refractivity contribution in [1.29, 1.82) is 0 Å². The topological polar surface area (TPSA) is 18.5 Å². The van der Waals surface area contributed by atoms with Gasteiger partial charge in [-0.05, 0) is 0 Å². The van der Waals surface area contributed by atoms with Crippen molar-refractivity contribution < 1.29 is 9.47 Å². The van der Waals surface area contributed by atoms with E-state index in [4.69, 9.17) is 9.47 Å². The molecule has 0 unspecified atom stereocenters. The molecule has 1 aliphatic heterocycles. The SMILES string of the molecule is COc1ccccc1[As]1c2ccccc2Oc2ccccc21. The minimum absolute atomic E-state index is 0.967. The third-order valence-corrected chi connectivity index (χ3v) is 9.12. The molecule has 0 spiro atoms. The Bertz CT molecular complexity index is 783. The van der Waals surface area contributed by atoms with Gasteiger partial charge in [-0.3, -0.25) is 0 Å². The van der Waals surface area contributed by atoms with Crippen LogP contribution in [0.15, 0.2) is 72.8 Å². The molecule has 3 aromatic carbocycles. The third kappa shape index (κ3) is 2.11. The van der Waals surface area contributed by atoms with Crippen molar-refractivity contribution in [2.45, 2.75) is 0 Å². The van der Waals surface area contributed by atoms with E-state index in [1.807, 2.05) is 24.3 Å². The van der Waals surface area contributed by atoms with Gasteiger partial charge in [0.1, 0.15) is 0 Å². The predicted molar refractivity (Wildman–Crippen MR) is 90.6 cm³/mol. The standard InChI is InChI=1S/C19H15AsO2/c1-21-17-11-5-2-8-14(17)20-15-9-3-6-12-18(15)22-19-13-7-4-10-16(19)20/h2-13H,1H3. The summed E-state index contributed by atoms with van der Waals surface area (Å²) in [4.78, 5) is 0. The Kier molecular flexibility index (Phi) is 3.40. The van der Waals surface area contributed by atoms with E-state index in [0.717, 1.165) is 17.2 Å². The van der Waals surface area contributed by atoms with Gasteiger partial charge in [-0.2, -0.15) is 0 Å². The molecular formula is C19H15AsO2. The van der Waals surface area contributed by atoms with Crippen LogP contribution in [0.3, 0.4) is 0 Å². The van der Waals surface area contributed by atoms with E-state index in [9.17, 15) is 0 Å². The molecule has 4 rings (SSSR count). The summed E-state index contributed by atoms with van der Waals surface area (Å²) in [6, 6.07) is 25.1. The molecule has 0 bridgehead atoms. The van der Waals surface area contributed by atoms with Gasteiger partial charge in [0.2, 0.25) is 0 Å². The Morgan fingerprint density at radius 3 is 1.77 bits per heavy atom. The molecule has 0 atom stereocenters. The zero-order valence-corrected chi connectivity index (χ0v) is 14.1. The number of rotatable bonds is 2. The van der Waals surface area contributed by atoms with Gasteiger partial charge in [0.05, 0.1) is 0 Å². The number of methoxy groups -OCH3 is 1. The fourth-order valence-corrected chi connectivity index (χ4v) is 8.13. The summed E-state index contributed by atoms with van der Waals surface area (Å²) < 4.78 is 15.7. The molecule has 0 N–H and O–H groups in total. The molecule has 0 saturated carbocycles. The van der Waals surface area contributed by atoms with Gasteiger partial charge >= 0.3 is 134 Å². The normalized spacial score (nSPS) is 13.0. The second-order valence-corrected chi connectivity index (χ2v) is 9.48. The number of hydrogen-bond acceptors (Lipinski definition) is 2. The second kappa shape index (κ2) is 5.55. The predicted octanol–water partition coefficient (Wildman–Crippen LogP) is 2.32. The second-order valence-electron chi connectivity index (χ2n) is 5.04. The molecule has 3 heteroatoms. The molecule has 0 amide bonds. The van der Waals surface area contributed by atoms with Gasteiger partial charge in [-0.25, -0.2) is 0 Å². The fraction of sp³-hybridized carbons (Fsp3) is 0.0526. The quantitative estimate of drug-likeness (QED) is 0.517. The van der Waals surface area contributed by atoms with E-state index in [2.05, 4.69) is 48.5 Å². The van der Waals surface area contributed by atoms with E-state index in [1.165, 1.54) is 13.1 Å². The molecule has 0 fully saturated rings. The molecule has 108 valence electrons. The van der Waals surface area contributed by atoms with Crippen LogP contribution in [0.1, 0.15) is 0 Å². The monoisotopic (exact) mass is 350 g/mol. The molecule has 0 aromatic heterocycles. The van der Waals surface area contributed by atoms with Crippen molar-refractivity contribution in [3.05, 3.63) is 72.8 Å². The van der Waals surface area contributed by atoms with Gasteiger partial charge < -0.3 is 0 Å². The first kappa shape index (κ1) is 13.5. The molecule has 1 heterocycles. The summed E-state index contributed by atoms with van der Waals surface area (Å²) in [6.07, 6.45) is 0. The molecule has 2 nitrogen and oxygen atoms in total. The maximum atomic E-state index is 6.10. The van der Waals surface area contributed by atoms with Gasteiger partial charge in [0, 0.05) is 0 Å². The zero-order chi connectivity index (χ0) is 14.9. The fourth-order valence-electron chi connectivity index (χ4n) is 2.78. The summed E-state index contributed by atoms with van der Waals surface area (Å²) in [5.41, 5.74) is 0. The van der Waals surface area contributed by atoms with Gasteiger partial charge in [-0.15, -0.1) is 0 Å². The van der Waals surface area contributed by atoms with Crippen LogP contribution in [0, 0.1) is 0 Å². The number of ether oxygens (including phenoxy) is 2. The van der Waals surface area contributed by atoms with Crippen LogP contribution < -0.4 is 22.5 Å². The first-order valence-electron chi connectivity index (χ1n) is 7.17. The number of hydrogen-bond donors (Lipinski definition) is 0. The third-order valence-electron chi connectivity index (χ3n) is 3.76. The van der Waals surface area contributed by atoms with Crippen molar-refractivity contribution in [3.8, 4) is 17.2 Å². The maximum absolute atomic E-state index is 6.10. The van der Waals surface area contributed by atoms with E-state index in [-0.39, 0.29) is 0 Å². The van der Waals surface area contributed by atoms with Crippen molar-refractivity contribution in [1.82, 2.24) is 0 Å². The van der Waals surface area contributed by atoms with Crippen molar-refractivity contribution in [2.24, 2.45) is 0 Å². The summed E-state index contributed by atoms with van der Waals surface area (Å²) in [5, 5.41) is 0. The van der Waals surface area contributed by atoms with Crippen LogP contribution in [-0.4, -0.2) is 21.8 Å². The summed E-state index contributed by atoms with van der Waals surface area (Å²) in [6.45, 7) is 0. The summed E-state index contributed by atoms with van der Waals surface area (Å²) in [7, 11) is 1.74. The first-order chi connectivity index (χ1) is 10.9. The average Bonchev–Trinajstić information content (AvgIpc) is 2.59. The van der Waals surface area contributed by atoms with Crippen LogP contribution in [0.5, 0.6) is 17.2 Å². The minimum atomic E-state index is -1.67. The van der Waals surface area contributed by atoms with E-state index < -0.39 is 14.7 Å². The number of benzene rings is 3. The molecule has 1 aliphatic rings. The van der Waals surface area contributed by atoms with Crippen LogP contribution in [0.4, 0.5) is 0 Å². The molecule has 0 aliphatic carbocycles. The first-order valence-corrected chi connectivity index (χ1v) is 9.99. The Morgan fingerprint density at radius 1 is 0.682 bits per heavy atom. The molecule has 0 saturated heterocycles. The van der Waals surface area contributed by atoms with Crippen molar-refractivity contribution in [2.75, 3.05) is 7.11 Å². The van der Waals surface area contributed by atoms with Crippen LogP contribution in [-0.2, 0) is 0 Å². The van der Waals surface area contributed by atoms with Crippen LogP contribution >= 0.6 is 0 Å². The molecule has 0 radical (unpaired) electrons. The Hall–Kier alpha value is -2.18. The Balaban J connectivity index is 1.99. The summed E-state index contributed by atoms with van der Waals surface area (Å²) in [5.74, 6) is 2.92. The van der Waals surface area contributed by atoms with Crippen molar-refractivity contribution in [3.63, 3.8) is 0 Å². The van der Waals surface area contributed by atoms with Gasteiger partial charge in [0.25, 0.3) is 0 Å². The van der Waals surface area contributed by atoms with Crippen LogP contribution in [0.25, 0.3) is 0 Å². The van der Waals surface area contributed by atoms with E-state index in [0.29, 0.717) is 0 Å². The van der Waals surface area contributed by atoms with Crippen LogP contribution in [0.2, 0.25) is 0 Å². The molecule has 22 heavy (non-hydrogen) atoms. The number of para-hydroxylation sites is 3. The van der Waals surface area contributed by atoms with Gasteiger partial charge in [0.15, 0.2) is 0 Å². The van der Waals surface area contributed by atoms with E-state index in [1.54, 1.807) is 7.11 Å². The van der Waals surface area contributed by atoms with E-state index >= 15 is 0 Å². The average molecular weight is 350 g/mol. The molecule has 3 aromatic rings.